The van der Waals surface area contributed by atoms with Crippen molar-refractivity contribution < 1.29 is 5.11 Å². The second-order valence-electron chi connectivity index (χ2n) is 4.85. The van der Waals surface area contributed by atoms with E-state index in [1.165, 1.54) is 11.3 Å². The first-order valence-corrected chi connectivity index (χ1v) is 7.36. The molecule has 0 saturated carbocycles. The van der Waals surface area contributed by atoms with E-state index < -0.39 is 0 Å². The molecule has 0 radical (unpaired) electrons. The van der Waals surface area contributed by atoms with Gasteiger partial charge >= 0.3 is 0 Å². The zero-order chi connectivity index (χ0) is 13.0. The molecular formula is C14H21BrN2O. The second kappa shape index (κ2) is 6.55. The van der Waals surface area contributed by atoms with E-state index in [9.17, 15) is 5.11 Å². The van der Waals surface area contributed by atoms with Crippen LogP contribution in [-0.2, 0) is 0 Å². The van der Waals surface area contributed by atoms with E-state index in [-0.39, 0.29) is 6.61 Å². The van der Waals surface area contributed by atoms with Gasteiger partial charge in [-0.25, -0.2) is 0 Å². The van der Waals surface area contributed by atoms with Crippen molar-refractivity contribution in [2.75, 3.05) is 31.1 Å². The number of anilines is 1. The Morgan fingerprint density at radius 3 is 3.06 bits per heavy atom. The van der Waals surface area contributed by atoms with Crippen LogP contribution in [0.3, 0.4) is 0 Å². The molecule has 2 N–H and O–H groups in total. The van der Waals surface area contributed by atoms with Gasteiger partial charge in [0.25, 0.3) is 0 Å². The predicted molar refractivity (Wildman–Crippen MR) is 79.2 cm³/mol. The standard InChI is InChI=1S/C14H21BrN2O/c1-11-3-4-12(9-14(11)15)17-7-2-6-16-10-13(17)5-8-18/h3-4,9,13,16,18H,2,5-8,10H2,1H3. The van der Waals surface area contributed by atoms with Crippen molar-refractivity contribution in [2.24, 2.45) is 0 Å². The molecule has 0 aliphatic carbocycles. The van der Waals surface area contributed by atoms with Crippen LogP contribution in [0.15, 0.2) is 22.7 Å². The summed E-state index contributed by atoms with van der Waals surface area (Å²) in [5, 5.41) is 12.7. The molecule has 100 valence electrons. The van der Waals surface area contributed by atoms with Crippen molar-refractivity contribution >= 4 is 21.6 Å². The largest absolute Gasteiger partial charge is 0.396 e. The number of nitrogens with one attached hydrogen (secondary N) is 1. The van der Waals surface area contributed by atoms with Crippen LogP contribution in [-0.4, -0.2) is 37.4 Å². The van der Waals surface area contributed by atoms with E-state index in [0.29, 0.717) is 6.04 Å². The van der Waals surface area contributed by atoms with Gasteiger partial charge < -0.3 is 15.3 Å². The molecule has 1 aromatic carbocycles. The fraction of sp³-hybridized carbons (Fsp3) is 0.571. The molecule has 4 heteroatoms. The summed E-state index contributed by atoms with van der Waals surface area (Å²) in [7, 11) is 0. The van der Waals surface area contributed by atoms with Gasteiger partial charge in [-0.05, 0) is 44.0 Å². The Balaban J connectivity index is 2.22. The number of hydrogen-bond donors (Lipinski definition) is 2. The normalized spacial score (nSPS) is 20.8. The van der Waals surface area contributed by atoms with Crippen LogP contribution in [0.25, 0.3) is 0 Å². The van der Waals surface area contributed by atoms with Gasteiger partial charge in [-0.2, -0.15) is 0 Å². The molecule has 3 nitrogen and oxygen atoms in total. The van der Waals surface area contributed by atoms with Gasteiger partial charge in [0.05, 0.1) is 0 Å². The molecule has 1 unspecified atom stereocenters. The van der Waals surface area contributed by atoms with Crippen LogP contribution >= 0.6 is 15.9 Å². The summed E-state index contributed by atoms with van der Waals surface area (Å²) in [5.74, 6) is 0. The number of aliphatic hydroxyl groups is 1. The van der Waals surface area contributed by atoms with Crippen molar-refractivity contribution in [3.63, 3.8) is 0 Å². The van der Waals surface area contributed by atoms with E-state index in [4.69, 9.17) is 0 Å². The highest BCUT2D eigenvalue weighted by molar-refractivity contribution is 9.10. The van der Waals surface area contributed by atoms with Crippen LogP contribution in [0.5, 0.6) is 0 Å². The van der Waals surface area contributed by atoms with E-state index in [2.05, 4.69) is 51.3 Å². The summed E-state index contributed by atoms with van der Waals surface area (Å²) in [5.41, 5.74) is 2.50. The molecule has 0 bridgehead atoms. The van der Waals surface area contributed by atoms with Crippen LogP contribution in [0.2, 0.25) is 0 Å². The average Bonchev–Trinajstić information content (AvgIpc) is 2.59. The summed E-state index contributed by atoms with van der Waals surface area (Å²) >= 11 is 3.60. The van der Waals surface area contributed by atoms with Crippen molar-refractivity contribution in [3.05, 3.63) is 28.2 Å². The SMILES string of the molecule is Cc1ccc(N2CCCNCC2CCO)cc1Br. The Morgan fingerprint density at radius 2 is 2.33 bits per heavy atom. The highest BCUT2D eigenvalue weighted by Crippen LogP contribution is 2.26. The third-order valence-corrected chi connectivity index (χ3v) is 4.38. The van der Waals surface area contributed by atoms with Crippen LogP contribution < -0.4 is 10.2 Å². The first kappa shape index (κ1) is 13.8. The van der Waals surface area contributed by atoms with Crippen LogP contribution in [0.1, 0.15) is 18.4 Å². The molecule has 1 aliphatic rings. The van der Waals surface area contributed by atoms with E-state index in [0.717, 1.165) is 36.9 Å². The lowest BCUT2D eigenvalue weighted by molar-refractivity contribution is 0.273. The fourth-order valence-electron chi connectivity index (χ4n) is 2.44. The van der Waals surface area contributed by atoms with Gasteiger partial charge in [-0.3, -0.25) is 0 Å². The first-order chi connectivity index (χ1) is 8.72. The molecule has 2 rings (SSSR count). The lowest BCUT2D eigenvalue weighted by Crippen LogP contribution is -2.40. The highest BCUT2D eigenvalue weighted by atomic mass is 79.9. The smallest absolute Gasteiger partial charge is 0.0451 e. The minimum Gasteiger partial charge on any atom is -0.396 e. The molecule has 0 amide bonds. The summed E-state index contributed by atoms with van der Waals surface area (Å²) in [6, 6.07) is 6.89. The molecule has 1 fully saturated rings. The molecule has 0 spiro atoms. The summed E-state index contributed by atoms with van der Waals surface area (Å²) in [6.07, 6.45) is 1.96. The Kier molecular flexibility index (Phi) is 5.03. The average molecular weight is 313 g/mol. The molecule has 1 aliphatic heterocycles. The molecule has 1 aromatic rings. The van der Waals surface area contributed by atoms with Crippen molar-refractivity contribution in [1.82, 2.24) is 5.32 Å². The second-order valence-corrected chi connectivity index (χ2v) is 5.71. The fourth-order valence-corrected chi connectivity index (χ4v) is 2.81. The number of aryl methyl sites for hydroxylation is 1. The van der Waals surface area contributed by atoms with Gasteiger partial charge in [0.15, 0.2) is 0 Å². The molecule has 1 saturated heterocycles. The summed E-state index contributed by atoms with van der Waals surface area (Å²) < 4.78 is 1.15. The molecule has 18 heavy (non-hydrogen) atoms. The van der Waals surface area contributed by atoms with Gasteiger partial charge in [0, 0.05) is 35.9 Å². The number of hydrogen-bond acceptors (Lipinski definition) is 3. The zero-order valence-electron chi connectivity index (χ0n) is 10.8. The highest BCUT2D eigenvalue weighted by Gasteiger charge is 2.20. The topological polar surface area (TPSA) is 35.5 Å². The van der Waals surface area contributed by atoms with Crippen molar-refractivity contribution in [3.8, 4) is 0 Å². The van der Waals surface area contributed by atoms with Crippen molar-refractivity contribution in [1.29, 1.82) is 0 Å². The summed E-state index contributed by atoms with van der Waals surface area (Å²) in [6.45, 7) is 5.41. The maximum Gasteiger partial charge on any atom is 0.0451 e. The molecule has 1 heterocycles. The van der Waals surface area contributed by atoms with E-state index >= 15 is 0 Å². The van der Waals surface area contributed by atoms with E-state index in [1.54, 1.807) is 0 Å². The molecule has 1 atom stereocenters. The monoisotopic (exact) mass is 312 g/mol. The third-order valence-electron chi connectivity index (χ3n) is 3.52. The third kappa shape index (κ3) is 3.25. The number of rotatable bonds is 3. The van der Waals surface area contributed by atoms with Gasteiger partial charge in [0.1, 0.15) is 0 Å². The van der Waals surface area contributed by atoms with Crippen molar-refractivity contribution in [2.45, 2.75) is 25.8 Å². The first-order valence-electron chi connectivity index (χ1n) is 6.56. The maximum atomic E-state index is 9.21. The lowest BCUT2D eigenvalue weighted by Gasteiger charge is -2.32. The van der Waals surface area contributed by atoms with E-state index in [1.807, 2.05) is 0 Å². The molecular weight excluding hydrogens is 292 g/mol. The Labute approximate surface area is 117 Å². The zero-order valence-corrected chi connectivity index (χ0v) is 12.4. The minimum atomic E-state index is 0.246. The Bertz CT molecular complexity index is 397. The Morgan fingerprint density at radius 1 is 1.50 bits per heavy atom. The predicted octanol–water partition coefficient (Wildman–Crippen LogP) is 2.31. The Hall–Kier alpha value is -0.580. The minimum absolute atomic E-state index is 0.246. The quantitative estimate of drug-likeness (QED) is 0.899. The number of nitrogens with zero attached hydrogens (tertiary/aromatic N) is 1. The van der Waals surface area contributed by atoms with Gasteiger partial charge in [-0.15, -0.1) is 0 Å². The van der Waals surface area contributed by atoms with Gasteiger partial charge in [0.2, 0.25) is 0 Å². The van der Waals surface area contributed by atoms with Gasteiger partial charge in [-0.1, -0.05) is 22.0 Å². The maximum absolute atomic E-state index is 9.21. The number of halogens is 1. The number of benzene rings is 1. The summed E-state index contributed by atoms with van der Waals surface area (Å²) in [4.78, 5) is 2.42. The molecule has 0 aromatic heterocycles. The lowest BCUT2D eigenvalue weighted by atomic mass is 10.1. The van der Waals surface area contributed by atoms with Crippen LogP contribution in [0.4, 0.5) is 5.69 Å². The van der Waals surface area contributed by atoms with Crippen LogP contribution in [0, 0.1) is 6.92 Å². The number of aliphatic hydroxyl groups excluding tert-OH is 1.